The molecule has 1 N–H and O–H groups in total. The molecule has 114 valence electrons. The molecule has 0 fully saturated rings. The van der Waals surface area contributed by atoms with Gasteiger partial charge < -0.3 is 19.5 Å². The van der Waals surface area contributed by atoms with E-state index in [2.05, 4.69) is 17.9 Å². The van der Waals surface area contributed by atoms with Gasteiger partial charge in [0.05, 0.1) is 19.8 Å². The first-order chi connectivity index (χ1) is 9.58. The van der Waals surface area contributed by atoms with Crippen molar-refractivity contribution < 1.29 is 14.6 Å². The average Bonchev–Trinajstić information content (AvgIpc) is 2.45. The molecule has 0 bridgehead atoms. The molecule has 4 heteroatoms. The number of hydrogen-bond acceptors (Lipinski definition) is 4. The fourth-order valence-corrected chi connectivity index (χ4v) is 2.16. The summed E-state index contributed by atoms with van der Waals surface area (Å²) in [7, 11) is 3.72. The summed E-state index contributed by atoms with van der Waals surface area (Å²) < 4.78 is 10.6. The molecule has 0 aromatic heterocycles. The highest BCUT2D eigenvalue weighted by atomic mass is 16.5. The molecule has 0 saturated carbocycles. The van der Waals surface area contributed by atoms with Crippen LogP contribution in [0.25, 0.3) is 0 Å². The van der Waals surface area contributed by atoms with Crippen LogP contribution in [-0.4, -0.2) is 56.1 Å². The van der Waals surface area contributed by atoms with Crippen LogP contribution >= 0.6 is 0 Å². The zero-order valence-electron chi connectivity index (χ0n) is 13.0. The maximum Gasteiger partial charge on any atom is 0.122 e. The number of aliphatic hydroxyl groups excluding tert-OH is 1. The molecule has 0 heterocycles. The van der Waals surface area contributed by atoms with E-state index in [-0.39, 0.29) is 0 Å². The van der Waals surface area contributed by atoms with Crippen LogP contribution in [0.15, 0.2) is 24.3 Å². The van der Waals surface area contributed by atoms with Crippen LogP contribution in [0.1, 0.15) is 19.4 Å². The van der Waals surface area contributed by atoms with Crippen LogP contribution < -0.4 is 4.74 Å². The van der Waals surface area contributed by atoms with Crippen molar-refractivity contribution in [2.24, 2.45) is 0 Å². The molecule has 1 rings (SSSR count). The molecule has 0 saturated heterocycles. The molecule has 0 aliphatic carbocycles. The standard InChI is InChI=1S/C16H27NO3/c1-5-20-12-15(18)11-17(3)13(2)10-14-8-6-7-9-16(14)19-4/h6-9,13,15,18H,5,10-12H2,1-4H3. The van der Waals surface area contributed by atoms with E-state index in [1.165, 1.54) is 5.56 Å². The van der Waals surface area contributed by atoms with E-state index in [9.17, 15) is 5.11 Å². The maximum atomic E-state index is 9.88. The van der Waals surface area contributed by atoms with Gasteiger partial charge in [-0.05, 0) is 38.9 Å². The van der Waals surface area contributed by atoms with Crippen LogP contribution in [-0.2, 0) is 11.2 Å². The minimum atomic E-state index is -0.444. The Morgan fingerprint density at radius 1 is 1.30 bits per heavy atom. The summed E-state index contributed by atoms with van der Waals surface area (Å²) in [6.45, 7) is 5.72. The van der Waals surface area contributed by atoms with E-state index in [1.54, 1.807) is 7.11 Å². The van der Waals surface area contributed by atoms with Gasteiger partial charge in [0.25, 0.3) is 0 Å². The summed E-state index contributed by atoms with van der Waals surface area (Å²) in [4.78, 5) is 2.15. The topological polar surface area (TPSA) is 41.9 Å². The Kier molecular flexibility index (Phi) is 7.59. The van der Waals surface area contributed by atoms with Gasteiger partial charge >= 0.3 is 0 Å². The molecular weight excluding hydrogens is 254 g/mol. The molecule has 0 aliphatic rings. The third-order valence-electron chi connectivity index (χ3n) is 3.47. The smallest absolute Gasteiger partial charge is 0.122 e. The Bertz CT molecular complexity index is 384. The number of aliphatic hydroxyl groups is 1. The van der Waals surface area contributed by atoms with Crippen LogP contribution in [0.3, 0.4) is 0 Å². The Labute approximate surface area is 122 Å². The molecule has 4 nitrogen and oxygen atoms in total. The number of hydrogen-bond donors (Lipinski definition) is 1. The second-order valence-electron chi connectivity index (χ2n) is 5.12. The van der Waals surface area contributed by atoms with Gasteiger partial charge in [0.15, 0.2) is 0 Å². The molecule has 1 aromatic carbocycles. The monoisotopic (exact) mass is 281 g/mol. The van der Waals surface area contributed by atoms with Gasteiger partial charge in [-0.25, -0.2) is 0 Å². The van der Waals surface area contributed by atoms with Crippen molar-refractivity contribution in [3.63, 3.8) is 0 Å². The van der Waals surface area contributed by atoms with Crippen molar-refractivity contribution in [3.8, 4) is 5.75 Å². The SMILES string of the molecule is CCOCC(O)CN(C)C(C)Cc1ccccc1OC. The quantitative estimate of drug-likeness (QED) is 0.751. The lowest BCUT2D eigenvalue weighted by Gasteiger charge is -2.27. The maximum absolute atomic E-state index is 9.88. The number of nitrogens with zero attached hydrogens (tertiary/aromatic N) is 1. The number of rotatable bonds is 9. The second kappa shape index (κ2) is 8.95. The highest BCUT2D eigenvalue weighted by Gasteiger charge is 2.15. The zero-order chi connectivity index (χ0) is 15.0. The van der Waals surface area contributed by atoms with Crippen LogP contribution in [0.5, 0.6) is 5.75 Å². The molecule has 0 aliphatic heterocycles. The summed E-state index contributed by atoms with van der Waals surface area (Å²) in [5.41, 5.74) is 1.19. The highest BCUT2D eigenvalue weighted by molar-refractivity contribution is 5.33. The number of para-hydroxylation sites is 1. The number of ether oxygens (including phenoxy) is 2. The van der Waals surface area contributed by atoms with Crippen LogP contribution in [0, 0.1) is 0 Å². The van der Waals surface area contributed by atoms with Gasteiger partial charge in [-0.3, -0.25) is 0 Å². The van der Waals surface area contributed by atoms with Gasteiger partial charge in [-0.2, -0.15) is 0 Å². The second-order valence-corrected chi connectivity index (χ2v) is 5.12. The summed E-state index contributed by atoms with van der Waals surface area (Å²) >= 11 is 0. The van der Waals surface area contributed by atoms with Crippen LogP contribution in [0.2, 0.25) is 0 Å². The Morgan fingerprint density at radius 3 is 2.65 bits per heavy atom. The van der Waals surface area contributed by atoms with Gasteiger partial charge in [0.1, 0.15) is 5.75 Å². The van der Waals surface area contributed by atoms with Crippen molar-refractivity contribution in [2.45, 2.75) is 32.4 Å². The molecule has 2 unspecified atom stereocenters. The van der Waals surface area contributed by atoms with Gasteiger partial charge in [-0.1, -0.05) is 18.2 Å². The number of likely N-dealkylation sites (N-methyl/N-ethyl adjacent to an activating group) is 1. The van der Waals surface area contributed by atoms with E-state index in [0.717, 1.165) is 12.2 Å². The molecule has 0 amide bonds. The average molecular weight is 281 g/mol. The fraction of sp³-hybridized carbons (Fsp3) is 0.625. The molecule has 0 radical (unpaired) electrons. The molecule has 0 spiro atoms. The van der Waals surface area contributed by atoms with Crippen molar-refractivity contribution >= 4 is 0 Å². The molecule has 20 heavy (non-hydrogen) atoms. The van der Waals surface area contributed by atoms with E-state index >= 15 is 0 Å². The first-order valence-corrected chi connectivity index (χ1v) is 7.16. The van der Waals surface area contributed by atoms with Gasteiger partial charge in [0.2, 0.25) is 0 Å². The Hall–Kier alpha value is -1.10. The van der Waals surface area contributed by atoms with E-state index in [1.807, 2.05) is 32.2 Å². The minimum Gasteiger partial charge on any atom is -0.496 e. The highest BCUT2D eigenvalue weighted by Crippen LogP contribution is 2.20. The largest absolute Gasteiger partial charge is 0.496 e. The first kappa shape index (κ1) is 17.0. The van der Waals surface area contributed by atoms with Gasteiger partial charge in [0, 0.05) is 19.2 Å². The third kappa shape index (κ3) is 5.49. The lowest BCUT2D eigenvalue weighted by atomic mass is 10.0. The van der Waals surface area contributed by atoms with Crippen molar-refractivity contribution in [1.29, 1.82) is 0 Å². The van der Waals surface area contributed by atoms with Gasteiger partial charge in [-0.15, -0.1) is 0 Å². The lowest BCUT2D eigenvalue weighted by Crippen LogP contribution is -2.38. The number of benzene rings is 1. The van der Waals surface area contributed by atoms with Crippen molar-refractivity contribution in [1.82, 2.24) is 4.90 Å². The molecule has 1 aromatic rings. The predicted octanol–water partition coefficient (Wildman–Crippen LogP) is 1.96. The summed E-state index contributed by atoms with van der Waals surface area (Å²) in [5, 5.41) is 9.88. The Balaban J connectivity index is 2.50. The fourth-order valence-electron chi connectivity index (χ4n) is 2.16. The summed E-state index contributed by atoms with van der Waals surface area (Å²) in [5.74, 6) is 0.919. The summed E-state index contributed by atoms with van der Waals surface area (Å²) in [6, 6.07) is 8.38. The number of methoxy groups -OCH3 is 1. The Morgan fingerprint density at radius 2 is 2.00 bits per heavy atom. The lowest BCUT2D eigenvalue weighted by molar-refractivity contribution is 0.0197. The first-order valence-electron chi connectivity index (χ1n) is 7.16. The molecular formula is C16H27NO3. The van der Waals surface area contributed by atoms with E-state index in [0.29, 0.717) is 25.8 Å². The van der Waals surface area contributed by atoms with Crippen molar-refractivity contribution in [2.75, 3.05) is 33.9 Å². The predicted molar refractivity (Wildman–Crippen MR) is 81.3 cm³/mol. The molecule has 2 atom stereocenters. The normalized spacial score (nSPS) is 14.3. The van der Waals surface area contributed by atoms with E-state index in [4.69, 9.17) is 9.47 Å². The third-order valence-corrected chi connectivity index (χ3v) is 3.47. The minimum absolute atomic E-state index is 0.322. The van der Waals surface area contributed by atoms with E-state index < -0.39 is 6.10 Å². The zero-order valence-corrected chi connectivity index (χ0v) is 13.0. The van der Waals surface area contributed by atoms with Crippen molar-refractivity contribution in [3.05, 3.63) is 29.8 Å². The van der Waals surface area contributed by atoms with Crippen LogP contribution in [0.4, 0.5) is 0 Å². The summed E-state index contributed by atoms with van der Waals surface area (Å²) in [6.07, 6.45) is 0.446.